The maximum atomic E-state index is 12.0. The van der Waals surface area contributed by atoms with E-state index in [0.717, 1.165) is 31.5 Å². The molecule has 0 spiro atoms. The van der Waals surface area contributed by atoms with Crippen LogP contribution in [-0.2, 0) is 14.4 Å². The van der Waals surface area contributed by atoms with Gasteiger partial charge in [-0.25, -0.2) is 5.43 Å². The first-order valence-corrected chi connectivity index (χ1v) is 9.03. The summed E-state index contributed by atoms with van der Waals surface area (Å²) in [4.78, 5) is 37.0. The van der Waals surface area contributed by atoms with Crippen LogP contribution in [0.4, 0.5) is 0 Å². The molecule has 8 nitrogen and oxygen atoms in total. The summed E-state index contributed by atoms with van der Waals surface area (Å²) in [5.74, 6) is -0.965. The van der Waals surface area contributed by atoms with Gasteiger partial charge in [0, 0.05) is 19.1 Å². The molecule has 27 heavy (non-hydrogen) atoms. The number of rotatable bonds is 6. The normalized spacial score (nSPS) is 14.2. The molecule has 0 aliphatic carbocycles. The minimum absolute atomic E-state index is 0.00305. The van der Waals surface area contributed by atoms with Crippen LogP contribution >= 0.6 is 0 Å². The second-order valence-corrected chi connectivity index (χ2v) is 6.67. The monoisotopic (exact) mass is 374 g/mol. The summed E-state index contributed by atoms with van der Waals surface area (Å²) in [7, 11) is 0. The van der Waals surface area contributed by atoms with Gasteiger partial charge in [-0.2, -0.15) is 5.10 Å². The third-order valence-electron chi connectivity index (χ3n) is 4.04. The highest BCUT2D eigenvalue weighted by Gasteiger charge is 2.18. The van der Waals surface area contributed by atoms with Crippen molar-refractivity contribution in [3.63, 3.8) is 0 Å². The van der Waals surface area contributed by atoms with Crippen molar-refractivity contribution in [3.8, 4) is 5.75 Å². The molecule has 0 radical (unpaired) electrons. The molecule has 1 fully saturated rings. The van der Waals surface area contributed by atoms with Gasteiger partial charge in [0.15, 0.2) is 6.61 Å². The molecule has 1 aromatic rings. The van der Waals surface area contributed by atoms with E-state index in [2.05, 4.69) is 15.8 Å². The molecule has 1 saturated heterocycles. The second kappa shape index (κ2) is 9.70. The molecule has 0 bridgehead atoms. The Labute approximate surface area is 158 Å². The van der Waals surface area contributed by atoms with E-state index in [4.69, 9.17) is 4.74 Å². The Bertz CT molecular complexity index is 707. The Hall–Kier alpha value is -2.90. The van der Waals surface area contributed by atoms with Crippen molar-refractivity contribution in [2.75, 3.05) is 19.7 Å². The Morgan fingerprint density at radius 2 is 1.74 bits per heavy atom. The number of amides is 3. The zero-order valence-corrected chi connectivity index (χ0v) is 15.9. The number of nitrogens with zero attached hydrogens (tertiary/aromatic N) is 2. The summed E-state index contributed by atoms with van der Waals surface area (Å²) in [6.45, 7) is 6.88. The average molecular weight is 374 g/mol. The van der Waals surface area contributed by atoms with E-state index in [-0.39, 0.29) is 18.6 Å². The summed E-state index contributed by atoms with van der Waals surface area (Å²) in [5, 5.41) is 6.42. The Morgan fingerprint density at radius 3 is 2.33 bits per heavy atom. The van der Waals surface area contributed by atoms with Gasteiger partial charge in [0.05, 0.1) is 5.71 Å². The van der Waals surface area contributed by atoms with Crippen molar-refractivity contribution in [2.24, 2.45) is 5.10 Å². The lowest BCUT2D eigenvalue weighted by molar-refractivity contribution is -0.139. The van der Waals surface area contributed by atoms with Gasteiger partial charge in [-0.1, -0.05) is 0 Å². The molecule has 2 N–H and O–H groups in total. The lowest BCUT2D eigenvalue weighted by Gasteiger charge is -2.15. The third kappa shape index (κ3) is 6.40. The van der Waals surface area contributed by atoms with Gasteiger partial charge in [0.25, 0.3) is 5.91 Å². The van der Waals surface area contributed by atoms with Gasteiger partial charge >= 0.3 is 11.8 Å². The molecule has 0 unspecified atom stereocenters. The van der Waals surface area contributed by atoms with Gasteiger partial charge in [0.1, 0.15) is 5.75 Å². The van der Waals surface area contributed by atoms with Crippen molar-refractivity contribution >= 4 is 23.4 Å². The van der Waals surface area contributed by atoms with Crippen LogP contribution in [0.5, 0.6) is 5.75 Å². The smallest absolute Gasteiger partial charge is 0.329 e. The number of nitrogens with one attached hydrogen (secondary N) is 2. The molecule has 1 aliphatic heterocycles. The first-order valence-electron chi connectivity index (χ1n) is 9.03. The van der Waals surface area contributed by atoms with Crippen molar-refractivity contribution in [3.05, 3.63) is 29.8 Å². The van der Waals surface area contributed by atoms with Crippen molar-refractivity contribution < 1.29 is 19.1 Å². The summed E-state index contributed by atoms with van der Waals surface area (Å²) in [5.41, 5.74) is 3.53. The quantitative estimate of drug-likeness (QED) is 0.442. The number of benzene rings is 1. The molecule has 3 amide bonds. The van der Waals surface area contributed by atoms with Crippen LogP contribution in [-0.4, -0.2) is 54.1 Å². The SMILES string of the molecule is C/C(=N/NC(=O)C(=O)NC(C)C)c1ccc(OCC(=O)N2CCCC2)cc1. The lowest BCUT2D eigenvalue weighted by atomic mass is 10.1. The minimum atomic E-state index is -0.816. The maximum absolute atomic E-state index is 12.0. The minimum Gasteiger partial charge on any atom is -0.484 e. The fourth-order valence-electron chi connectivity index (χ4n) is 2.57. The van der Waals surface area contributed by atoms with Crippen molar-refractivity contribution in [1.29, 1.82) is 0 Å². The number of likely N-dealkylation sites (tertiary alicyclic amines) is 1. The number of carbonyl (C=O) groups excluding carboxylic acids is 3. The van der Waals surface area contributed by atoms with E-state index >= 15 is 0 Å². The van der Waals surface area contributed by atoms with Crippen LogP contribution < -0.4 is 15.5 Å². The number of hydrogen-bond donors (Lipinski definition) is 2. The van der Waals surface area contributed by atoms with E-state index < -0.39 is 11.8 Å². The average Bonchev–Trinajstić information content (AvgIpc) is 3.18. The molecule has 0 aromatic heterocycles. The van der Waals surface area contributed by atoms with Crippen LogP contribution in [0.25, 0.3) is 0 Å². The fraction of sp³-hybridized carbons (Fsp3) is 0.474. The number of hydrazone groups is 1. The van der Waals surface area contributed by atoms with E-state index in [1.807, 2.05) is 4.90 Å². The van der Waals surface area contributed by atoms with Gasteiger partial charge < -0.3 is 15.0 Å². The Kier molecular flexibility index (Phi) is 7.34. The van der Waals surface area contributed by atoms with Gasteiger partial charge in [-0.05, 0) is 63.4 Å². The van der Waals surface area contributed by atoms with E-state index in [0.29, 0.717) is 11.5 Å². The standard InChI is InChI=1S/C19H26N4O4/c1-13(2)20-18(25)19(26)22-21-14(3)15-6-8-16(9-7-15)27-12-17(24)23-10-4-5-11-23/h6-9,13H,4-5,10-12H2,1-3H3,(H,20,25)(H,22,26)/b21-14-. The van der Waals surface area contributed by atoms with Crippen molar-refractivity contribution in [1.82, 2.24) is 15.6 Å². The van der Waals surface area contributed by atoms with Crippen LogP contribution in [0.15, 0.2) is 29.4 Å². The second-order valence-electron chi connectivity index (χ2n) is 6.67. The van der Waals surface area contributed by atoms with Crippen LogP contribution in [0.2, 0.25) is 0 Å². The fourth-order valence-corrected chi connectivity index (χ4v) is 2.57. The first kappa shape index (κ1) is 20.4. The molecule has 8 heteroatoms. The highest BCUT2D eigenvalue weighted by atomic mass is 16.5. The predicted octanol–water partition coefficient (Wildman–Crippen LogP) is 1.05. The third-order valence-corrected chi connectivity index (χ3v) is 4.04. The summed E-state index contributed by atoms with van der Waals surface area (Å²) in [6.07, 6.45) is 2.10. The maximum Gasteiger partial charge on any atom is 0.329 e. The van der Waals surface area contributed by atoms with Crippen LogP contribution in [0, 0.1) is 0 Å². The summed E-state index contributed by atoms with van der Waals surface area (Å²) in [6, 6.07) is 6.89. The summed E-state index contributed by atoms with van der Waals surface area (Å²) >= 11 is 0. The molecular formula is C19H26N4O4. The largest absolute Gasteiger partial charge is 0.484 e. The Morgan fingerprint density at radius 1 is 1.11 bits per heavy atom. The van der Waals surface area contributed by atoms with Gasteiger partial charge in [0.2, 0.25) is 0 Å². The van der Waals surface area contributed by atoms with E-state index in [9.17, 15) is 14.4 Å². The Balaban J connectivity index is 1.85. The topological polar surface area (TPSA) is 100 Å². The molecule has 0 atom stereocenters. The first-order chi connectivity index (χ1) is 12.9. The highest BCUT2D eigenvalue weighted by molar-refractivity contribution is 6.35. The predicted molar refractivity (Wildman–Crippen MR) is 101 cm³/mol. The molecule has 0 saturated carbocycles. The van der Waals surface area contributed by atoms with Gasteiger partial charge in [-0.3, -0.25) is 14.4 Å². The molecule has 146 valence electrons. The van der Waals surface area contributed by atoms with Crippen molar-refractivity contribution in [2.45, 2.75) is 39.7 Å². The zero-order valence-electron chi connectivity index (χ0n) is 15.9. The molecule has 1 aromatic carbocycles. The molecule has 1 aliphatic rings. The molecular weight excluding hydrogens is 348 g/mol. The molecule has 2 rings (SSSR count). The van der Waals surface area contributed by atoms with E-state index in [1.54, 1.807) is 45.0 Å². The highest BCUT2D eigenvalue weighted by Crippen LogP contribution is 2.14. The zero-order chi connectivity index (χ0) is 19.8. The lowest BCUT2D eigenvalue weighted by Crippen LogP contribution is -2.41. The van der Waals surface area contributed by atoms with Gasteiger partial charge in [-0.15, -0.1) is 0 Å². The number of hydrogen-bond acceptors (Lipinski definition) is 5. The van der Waals surface area contributed by atoms with E-state index in [1.165, 1.54) is 0 Å². The number of carbonyl (C=O) groups is 3. The molecule has 1 heterocycles. The summed E-state index contributed by atoms with van der Waals surface area (Å²) < 4.78 is 5.53. The number of ether oxygens (including phenoxy) is 1. The van der Waals surface area contributed by atoms with Crippen LogP contribution in [0.3, 0.4) is 0 Å². The van der Waals surface area contributed by atoms with Crippen LogP contribution in [0.1, 0.15) is 39.2 Å².